The van der Waals surface area contributed by atoms with Gasteiger partial charge in [0.25, 0.3) is 0 Å². The van der Waals surface area contributed by atoms with E-state index in [1.165, 1.54) is 5.56 Å². The molecule has 1 N–H and O–H groups in total. The minimum Gasteiger partial charge on any atom is -0.345 e. The average molecular weight is 424 g/mol. The lowest BCUT2D eigenvalue weighted by Gasteiger charge is -2.24. The van der Waals surface area contributed by atoms with Crippen molar-refractivity contribution in [3.63, 3.8) is 0 Å². The number of nitrogens with one attached hydrogen (secondary N) is 1. The molecule has 1 aliphatic carbocycles. The van der Waals surface area contributed by atoms with Gasteiger partial charge in [-0.2, -0.15) is 0 Å². The van der Waals surface area contributed by atoms with Gasteiger partial charge in [0.15, 0.2) is 0 Å². The molecule has 2 amide bonds. The van der Waals surface area contributed by atoms with Crippen LogP contribution in [-0.4, -0.2) is 21.5 Å². The molecule has 0 bridgehead atoms. The minimum absolute atomic E-state index is 0.0388. The summed E-state index contributed by atoms with van der Waals surface area (Å²) in [6.07, 6.45) is 4.23. The van der Waals surface area contributed by atoms with Crippen LogP contribution in [0.5, 0.6) is 0 Å². The Balaban J connectivity index is 1.48. The maximum absolute atomic E-state index is 12.9. The van der Waals surface area contributed by atoms with Crippen molar-refractivity contribution in [2.45, 2.75) is 32.0 Å². The van der Waals surface area contributed by atoms with Gasteiger partial charge >= 0.3 is 6.03 Å². The van der Waals surface area contributed by atoms with E-state index in [1.54, 1.807) is 0 Å². The highest BCUT2D eigenvalue weighted by molar-refractivity contribution is 9.10. The van der Waals surface area contributed by atoms with E-state index in [-0.39, 0.29) is 6.03 Å². The van der Waals surface area contributed by atoms with Gasteiger partial charge < -0.3 is 14.8 Å². The second-order valence-corrected chi connectivity index (χ2v) is 7.83. The highest BCUT2D eigenvalue weighted by atomic mass is 79.9. The molecular weight excluding hydrogens is 402 g/mol. The number of rotatable bonds is 6. The topological polar surface area (TPSA) is 37.3 Å². The predicted molar refractivity (Wildman–Crippen MR) is 112 cm³/mol. The number of anilines is 1. The van der Waals surface area contributed by atoms with Gasteiger partial charge in [-0.05, 0) is 48.7 Å². The molecule has 27 heavy (non-hydrogen) atoms. The summed E-state index contributed by atoms with van der Waals surface area (Å²) in [5.41, 5.74) is 3.21. The Morgan fingerprint density at radius 3 is 2.63 bits per heavy atom. The second kappa shape index (κ2) is 8.01. The van der Waals surface area contributed by atoms with Crippen molar-refractivity contribution in [2.75, 3.05) is 5.32 Å². The molecule has 0 spiro atoms. The first kappa shape index (κ1) is 17.9. The van der Waals surface area contributed by atoms with Gasteiger partial charge in [-0.25, -0.2) is 4.79 Å². The van der Waals surface area contributed by atoms with Crippen LogP contribution in [-0.2, 0) is 13.1 Å². The number of hydrogen-bond donors (Lipinski definition) is 1. The van der Waals surface area contributed by atoms with E-state index in [2.05, 4.69) is 68.4 Å². The van der Waals surface area contributed by atoms with E-state index in [0.717, 1.165) is 35.2 Å². The Bertz CT molecular complexity index is 918. The molecule has 2 aromatic carbocycles. The van der Waals surface area contributed by atoms with Crippen LogP contribution in [0, 0.1) is 0 Å². The molecule has 1 aliphatic rings. The van der Waals surface area contributed by atoms with E-state index in [0.29, 0.717) is 12.6 Å². The van der Waals surface area contributed by atoms with Crippen LogP contribution in [0.25, 0.3) is 0 Å². The molecule has 3 aromatic rings. The van der Waals surface area contributed by atoms with Crippen LogP contribution in [0.3, 0.4) is 0 Å². The molecule has 138 valence electrons. The second-order valence-electron chi connectivity index (χ2n) is 6.91. The molecule has 0 saturated heterocycles. The molecule has 4 rings (SSSR count). The maximum Gasteiger partial charge on any atom is 0.322 e. The normalized spacial score (nSPS) is 13.4. The SMILES string of the molecule is O=C(Nc1cccc(Br)c1)N(Cc1cccn1Cc1ccccc1)C1CC1. The Morgan fingerprint density at radius 1 is 1.07 bits per heavy atom. The smallest absolute Gasteiger partial charge is 0.322 e. The lowest BCUT2D eigenvalue weighted by molar-refractivity contribution is 0.204. The van der Waals surface area contributed by atoms with E-state index in [9.17, 15) is 4.79 Å². The van der Waals surface area contributed by atoms with Crippen LogP contribution in [0.2, 0.25) is 0 Å². The molecule has 4 nitrogen and oxygen atoms in total. The summed E-state index contributed by atoms with van der Waals surface area (Å²) in [4.78, 5) is 14.8. The maximum atomic E-state index is 12.9. The number of halogens is 1. The largest absolute Gasteiger partial charge is 0.345 e. The van der Waals surface area contributed by atoms with E-state index >= 15 is 0 Å². The third-order valence-corrected chi connectivity index (χ3v) is 5.27. The van der Waals surface area contributed by atoms with Crippen molar-refractivity contribution < 1.29 is 4.79 Å². The number of carbonyl (C=O) groups excluding carboxylic acids is 1. The summed E-state index contributed by atoms with van der Waals surface area (Å²) < 4.78 is 3.17. The summed E-state index contributed by atoms with van der Waals surface area (Å²) in [7, 11) is 0. The highest BCUT2D eigenvalue weighted by Gasteiger charge is 2.33. The quantitative estimate of drug-likeness (QED) is 0.558. The first-order valence-corrected chi connectivity index (χ1v) is 9.99. The number of benzene rings is 2. The lowest BCUT2D eigenvalue weighted by atomic mass is 10.2. The molecule has 0 unspecified atom stereocenters. The summed E-state index contributed by atoms with van der Waals surface area (Å²) in [6.45, 7) is 1.43. The molecule has 0 atom stereocenters. The average Bonchev–Trinajstić information content (AvgIpc) is 3.41. The van der Waals surface area contributed by atoms with E-state index in [4.69, 9.17) is 0 Å². The summed E-state index contributed by atoms with van der Waals surface area (Å²) in [5, 5.41) is 3.03. The fraction of sp³-hybridized carbons (Fsp3) is 0.227. The molecule has 5 heteroatoms. The monoisotopic (exact) mass is 423 g/mol. The van der Waals surface area contributed by atoms with Crippen LogP contribution >= 0.6 is 15.9 Å². The van der Waals surface area contributed by atoms with Crippen LogP contribution < -0.4 is 5.32 Å². The molecule has 0 aliphatic heterocycles. The Hall–Kier alpha value is -2.53. The number of urea groups is 1. The van der Waals surface area contributed by atoms with Gasteiger partial charge in [0.1, 0.15) is 0 Å². The van der Waals surface area contributed by atoms with Gasteiger partial charge in [-0.1, -0.05) is 52.3 Å². The number of aromatic nitrogens is 1. The lowest BCUT2D eigenvalue weighted by Crippen LogP contribution is -2.36. The van der Waals surface area contributed by atoms with Gasteiger partial charge in [0.2, 0.25) is 0 Å². The van der Waals surface area contributed by atoms with Gasteiger partial charge in [0, 0.05) is 34.6 Å². The highest BCUT2D eigenvalue weighted by Crippen LogP contribution is 2.29. The number of nitrogens with zero attached hydrogens (tertiary/aromatic N) is 2. The number of amides is 2. The van der Waals surface area contributed by atoms with Crippen molar-refractivity contribution in [3.05, 3.63) is 88.7 Å². The molecule has 1 aromatic heterocycles. The van der Waals surface area contributed by atoms with E-state index < -0.39 is 0 Å². The molecular formula is C22H22BrN3O. The Labute approximate surface area is 167 Å². The third kappa shape index (κ3) is 4.61. The van der Waals surface area contributed by atoms with Crippen LogP contribution in [0.1, 0.15) is 24.1 Å². The summed E-state index contributed by atoms with van der Waals surface area (Å²) in [6, 6.07) is 22.5. The molecule has 1 fully saturated rings. The zero-order chi connectivity index (χ0) is 18.6. The van der Waals surface area contributed by atoms with Gasteiger partial charge in [0.05, 0.1) is 6.54 Å². The number of carbonyl (C=O) groups is 1. The fourth-order valence-electron chi connectivity index (χ4n) is 3.22. The first-order valence-electron chi connectivity index (χ1n) is 9.20. The van der Waals surface area contributed by atoms with Crippen molar-refractivity contribution in [1.29, 1.82) is 0 Å². The van der Waals surface area contributed by atoms with Crippen molar-refractivity contribution in [2.24, 2.45) is 0 Å². The van der Waals surface area contributed by atoms with Crippen LogP contribution in [0.15, 0.2) is 77.4 Å². The van der Waals surface area contributed by atoms with Crippen LogP contribution in [0.4, 0.5) is 10.5 Å². The molecule has 1 heterocycles. The first-order chi connectivity index (χ1) is 13.2. The van der Waals surface area contributed by atoms with Crippen molar-refractivity contribution >= 4 is 27.6 Å². The van der Waals surface area contributed by atoms with Crippen molar-refractivity contribution in [1.82, 2.24) is 9.47 Å². The summed E-state index contributed by atoms with van der Waals surface area (Å²) >= 11 is 3.45. The van der Waals surface area contributed by atoms with Crippen molar-refractivity contribution in [3.8, 4) is 0 Å². The fourth-order valence-corrected chi connectivity index (χ4v) is 3.62. The summed E-state index contributed by atoms with van der Waals surface area (Å²) in [5.74, 6) is 0. The third-order valence-electron chi connectivity index (χ3n) is 4.78. The Morgan fingerprint density at radius 2 is 1.89 bits per heavy atom. The number of hydrogen-bond acceptors (Lipinski definition) is 1. The van der Waals surface area contributed by atoms with Gasteiger partial charge in [-0.3, -0.25) is 0 Å². The van der Waals surface area contributed by atoms with Gasteiger partial charge in [-0.15, -0.1) is 0 Å². The Kier molecular flexibility index (Phi) is 5.30. The predicted octanol–water partition coefficient (Wildman–Crippen LogP) is 5.50. The molecule has 1 saturated carbocycles. The zero-order valence-corrected chi connectivity index (χ0v) is 16.6. The standard InChI is InChI=1S/C22H22BrN3O/c23-18-8-4-9-19(14-18)24-22(27)26(20-11-12-20)16-21-10-5-13-25(21)15-17-6-2-1-3-7-17/h1-10,13-14,20H,11-12,15-16H2,(H,24,27). The molecule has 0 radical (unpaired) electrons. The zero-order valence-electron chi connectivity index (χ0n) is 15.0. The van der Waals surface area contributed by atoms with E-state index in [1.807, 2.05) is 35.2 Å². The minimum atomic E-state index is -0.0388.